The van der Waals surface area contributed by atoms with Crippen LogP contribution in [0.15, 0.2) is 29.6 Å². The van der Waals surface area contributed by atoms with E-state index in [2.05, 4.69) is 10.3 Å². The predicted octanol–water partition coefficient (Wildman–Crippen LogP) is 1.75. The third-order valence-corrected chi connectivity index (χ3v) is 4.42. The highest BCUT2D eigenvalue weighted by atomic mass is 35.5. The van der Waals surface area contributed by atoms with Crippen molar-refractivity contribution >= 4 is 40.7 Å². The number of nitrogens with one attached hydrogen (secondary N) is 1. The zero-order chi connectivity index (χ0) is 19.1. The average molecular weight is 396 g/mol. The number of amides is 2. The minimum atomic E-state index is -0.568. The van der Waals surface area contributed by atoms with Gasteiger partial charge in [0.2, 0.25) is 5.91 Å². The van der Waals surface area contributed by atoms with Crippen LogP contribution in [0.4, 0.5) is 0 Å². The lowest BCUT2D eigenvalue weighted by atomic mass is 10.2. The third kappa shape index (κ3) is 6.12. The average Bonchev–Trinajstić information content (AvgIpc) is 3.06. The van der Waals surface area contributed by atoms with Crippen molar-refractivity contribution in [2.75, 3.05) is 27.2 Å². The lowest BCUT2D eigenvalue weighted by Gasteiger charge is -2.10. The number of rotatable bonds is 7. The summed E-state index contributed by atoms with van der Waals surface area (Å²) in [6, 6.07) is 7.27. The van der Waals surface area contributed by atoms with E-state index in [9.17, 15) is 14.4 Å². The molecule has 2 amide bonds. The fourth-order valence-electron chi connectivity index (χ4n) is 1.87. The highest BCUT2D eigenvalue weighted by Gasteiger charge is 2.13. The van der Waals surface area contributed by atoms with Gasteiger partial charge >= 0.3 is 5.97 Å². The summed E-state index contributed by atoms with van der Waals surface area (Å²) < 4.78 is 4.90. The molecule has 0 unspecified atom stereocenters. The lowest BCUT2D eigenvalue weighted by molar-refractivity contribution is -0.148. The van der Waals surface area contributed by atoms with E-state index >= 15 is 0 Å². The van der Waals surface area contributed by atoms with E-state index in [1.54, 1.807) is 31.6 Å². The van der Waals surface area contributed by atoms with Crippen LogP contribution in [0.2, 0.25) is 5.02 Å². The number of benzene rings is 1. The first kappa shape index (κ1) is 19.9. The molecule has 1 aromatic heterocycles. The molecule has 0 aliphatic heterocycles. The van der Waals surface area contributed by atoms with Gasteiger partial charge in [0.05, 0.1) is 18.7 Å². The summed E-state index contributed by atoms with van der Waals surface area (Å²) in [5, 5.41) is 5.49. The molecular weight excluding hydrogens is 378 g/mol. The molecule has 0 spiro atoms. The number of hydrogen-bond acceptors (Lipinski definition) is 6. The maximum Gasteiger partial charge on any atom is 0.312 e. The second-order valence-corrected chi connectivity index (χ2v) is 6.85. The zero-order valence-corrected chi connectivity index (χ0v) is 15.9. The largest absolute Gasteiger partial charge is 0.455 e. The Balaban J connectivity index is 1.80. The molecule has 9 heteroatoms. The van der Waals surface area contributed by atoms with E-state index in [1.807, 2.05) is 12.1 Å². The summed E-state index contributed by atoms with van der Waals surface area (Å²) in [4.78, 5) is 40.5. The molecule has 1 aromatic carbocycles. The second kappa shape index (κ2) is 9.30. The normalized spacial score (nSPS) is 10.3. The molecule has 2 rings (SSSR count). The van der Waals surface area contributed by atoms with E-state index in [-0.39, 0.29) is 18.9 Å². The predicted molar refractivity (Wildman–Crippen MR) is 98.9 cm³/mol. The number of esters is 1. The highest BCUT2D eigenvalue weighted by Crippen LogP contribution is 2.26. The van der Waals surface area contributed by atoms with E-state index in [1.165, 1.54) is 16.2 Å². The molecule has 0 bridgehead atoms. The van der Waals surface area contributed by atoms with E-state index in [0.29, 0.717) is 10.7 Å². The molecule has 2 aromatic rings. The van der Waals surface area contributed by atoms with Crippen molar-refractivity contribution in [1.82, 2.24) is 15.2 Å². The third-order valence-electron chi connectivity index (χ3n) is 3.25. The Labute approximate surface area is 159 Å². The molecule has 1 N–H and O–H groups in total. The smallest absolute Gasteiger partial charge is 0.312 e. The Kier molecular flexibility index (Phi) is 7.11. The summed E-state index contributed by atoms with van der Waals surface area (Å²) in [7, 11) is 3.17. The summed E-state index contributed by atoms with van der Waals surface area (Å²) in [5.41, 5.74) is 1.42. The zero-order valence-electron chi connectivity index (χ0n) is 14.3. The Morgan fingerprint density at radius 1 is 1.31 bits per heavy atom. The number of thiazole rings is 1. The summed E-state index contributed by atoms with van der Waals surface area (Å²) in [6.07, 6.45) is -0.0407. The Hall–Kier alpha value is -2.45. The highest BCUT2D eigenvalue weighted by molar-refractivity contribution is 7.13. The molecule has 0 atom stereocenters. The van der Waals surface area contributed by atoms with Crippen LogP contribution in [0.1, 0.15) is 5.69 Å². The summed E-state index contributed by atoms with van der Waals surface area (Å²) >= 11 is 7.35. The van der Waals surface area contributed by atoms with Crippen LogP contribution < -0.4 is 5.32 Å². The van der Waals surface area contributed by atoms with E-state index < -0.39 is 18.5 Å². The van der Waals surface area contributed by atoms with Crippen LogP contribution in [-0.4, -0.2) is 54.9 Å². The number of likely N-dealkylation sites (N-methyl/N-ethyl adjacent to an activating group) is 1. The topological polar surface area (TPSA) is 88.6 Å². The SMILES string of the molecule is CN(C)C(=O)CNC(=O)COC(=O)Cc1csc(-c2cccc(Cl)c2)n1. The van der Waals surface area contributed by atoms with Crippen molar-refractivity contribution in [3.63, 3.8) is 0 Å². The molecule has 0 aliphatic rings. The molecule has 0 saturated heterocycles. The standard InChI is InChI=1S/C17H18ClN3O4S/c1-21(2)15(23)8-19-14(22)9-25-16(24)7-13-10-26-17(20-13)11-4-3-5-12(18)6-11/h3-6,10H,7-9H2,1-2H3,(H,19,22). The van der Waals surface area contributed by atoms with Gasteiger partial charge in [-0.15, -0.1) is 11.3 Å². The van der Waals surface area contributed by atoms with Crippen LogP contribution >= 0.6 is 22.9 Å². The first-order valence-corrected chi connectivity index (χ1v) is 8.93. The number of ether oxygens (including phenoxy) is 1. The van der Waals surface area contributed by atoms with Crippen LogP contribution in [0, 0.1) is 0 Å². The summed E-state index contributed by atoms with van der Waals surface area (Å²) in [6.45, 7) is -0.580. The first-order chi connectivity index (χ1) is 12.3. The minimum absolute atomic E-state index is 0.0407. The maximum atomic E-state index is 11.8. The minimum Gasteiger partial charge on any atom is -0.455 e. The van der Waals surface area contributed by atoms with Gasteiger partial charge in [-0.05, 0) is 12.1 Å². The van der Waals surface area contributed by atoms with Crippen molar-refractivity contribution in [2.45, 2.75) is 6.42 Å². The molecule has 138 valence electrons. The number of nitrogens with zero attached hydrogens (tertiary/aromatic N) is 2. The van der Waals surface area contributed by atoms with Crippen LogP contribution in [0.5, 0.6) is 0 Å². The summed E-state index contributed by atoms with van der Waals surface area (Å²) in [5.74, 6) is -1.35. The fraction of sp³-hybridized carbons (Fsp3) is 0.294. The van der Waals surface area contributed by atoms with Gasteiger partial charge < -0.3 is 15.0 Å². The van der Waals surface area contributed by atoms with Crippen molar-refractivity contribution in [1.29, 1.82) is 0 Å². The van der Waals surface area contributed by atoms with Crippen LogP contribution in [0.25, 0.3) is 10.6 Å². The quantitative estimate of drug-likeness (QED) is 0.721. The Morgan fingerprint density at radius 2 is 2.08 bits per heavy atom. The van der Waals surface area contributed by atoms with Crippen molar-refractivity contribution in [3.05, 3.63) is 40.4 Å². The van der Waals surface area contributed by atoms with Gasteiger partial charge in [-0.3, -0.25) is 14.4 Å². The van der Waals surface area contributed by atoms with E-state index in [4.69, 9.17) is 16.3 Å². The van der Waals surface area contributed by atoms with Crippen molar-refractivity contribution in [3.8, 4) is 10.6 Å². The molecule has 26 heavy (non-hydrogen) atoms. The van der Waals surface area contributed by atoms with Gasteiger partial charge in [0, 0.05) is 30.1 Å². The van der Waals surface area contributed by atoms with Crippen LogP contribution in [0.3, 0.4) is 0 Å². The molecule has 7 nitrogen and oxygen atoms in total. The monoisotopic (exact) mass is 395 g/mol. The second-order valence-electron chi connectivity index (χ2n) is 5.56. The van der Waals surface area contributed by atoms with Crippen molar-refractivity contribution < 1.29 is 19.1 Å². The number of carbonyl (C=O) groups excluding carboxylic acids is 3. The molecule has 0 aliphatic carbocycles. The number of halogens is 1. The molecule has 0 radical (unpaired) electrons. The molecular formula is C17H18ClN3O4S. The van der Waals surface area contributed by atoms with Gasteiger partial charge in [-0.25, -0.2) is 4.98 Å². The van der Waals surface area contributed by atoms with Gasteiger partial charge in [-0.2, -0.15) is 0 Å². The molecule has 0 saturated carbocycles. The van der Waals surface area contributed by atoms with E-state index in [0.717, 1.165) is 10.6 Å². The van der Waals surface area contributed by atoms with Crippen molar-refractivity contribution in [2.24, 2.45) is 0 Å². The number of hydrogen-bond donors (Lipinski definition) is 1. The van der Waals surface area contributed by atoms with Crippen LogP contribution in [-0.2, 0) is 25.5 Å². The number of aromatic nitrogens is 1. The van der Waals surface area contributed by atoms with Gasteiger partial charge in [0.15, 0.2) is 6.61 Å². The Bertz CT molecular complexity index is 807. The van der Waals surface area contributed by atoms with Gasteiger partial charge in [0.1, 0.15) is 5.01 Å². The maximum absolute atomic E-state index is 11.8. The van der Waals surface area contributed by atoms with Gasteiger partial charge in [0.25, 0.3) is 5.91 Å². The number of carbonyl (C=O) groups is 3. The Morgan fingerprint density at radius 3 is 2.77 bits per heavy atom. The van der Waals surface area contributed by atoms with Gasteiger partial charge in [-0.1, -0.05) is 23.7 Å². The lowest BCUT2D eigenvalue weighted by Crippen LogP contribution is -2.38. The fourth-order valence-corrected chi connectivity index (χ4v) is 2.88. The first-order valence-electron chi connectivity index (χ1n) is 7.68. The molecule has 1 heterocycles. The molecule has 0 fully saturated rings.